The molecule has 2 fully saturated rings. The van der Waals surface area contributed by atoms with Gasteiger partial charge < -0.3 is 65.1 Å². The highest BCUT2D eigenvalue weighted by Crippen LogP contribution is 2.30. The second-order valence-electron chi connectivity index (χ2n) is 23.9. The molecule has 0 aromatic rings. The van der Waals surface area contributed by atoms with Crippen LogP contribution in [-0.2, 0) is 23.7 Å². The highest BCUT2D eigenvalue weighted by atomic mass is 16.7. The fourth-order valence-corrected chi connectivity index (χ4v) is 10.9. The lowest BCUT2D eigenvalue weighted by Gasteiger charge is -2.46. The molecule has 2 heterocycles. The van der Waals surface area contributed by atoms with Crippen LogP contribution in [0.5, 0.6) is 0 Å². The molecule has 0 aromatic heterocycles. The summed E-state index contributed by atoms with van der Waals surface area (Å²) in [5, 5.41) is 87.4. The number of aliphatic hydroxyl groups is 8. The van der Waals surface area contributed by atoms with E-state index in [1.807, 2.05) is 6.08 Å². The number of nitrogens with one attached hydrogen (secondary N) is 1. The van der Waals surface area contributed by atoms with Crippen molar-refractivity contribution >= 4 is 5.91 Å². The van der Waals surface area contributed by atoms with Gasteiger partial charge in [0.2, 0.25) is 5.91 Å². The highest BCUT2D eigenvalue weighted by molar-refractivity contribution is 5.76. The Morgan fingerprint density at radius 1 is 0.435 bits per heavy atom. The minimum Gasteiger partial charge on any atom is -0.394 e. The smallest absolute Gasteiger partial charge is 0.220 e. The number of carbonyl (C=O) groups is 1. The van der Waals surface area contributed by atoms with Crippen molar-refractivity contribution in [3.05, 3.63) is 85.1 Å². The predicted molar refractivity (Wildman–Crippen MR) is 346 cm³/mol. The lowest BCUT2D eigenvalue weighted by atomic mass is 9.97. The van der Waals surface area contributed by atoms with Gasteiger partial charge in [0.05, 0.1) is 32.0 Å². The average Bonchev–Trinajstić information content (AvgIpc) is 3.69. The second kappa shape index (κ2) is 55.3. The summed E-state index contributed by atoms with van der Waals surface area (Å²) in [6.45, 7) is 2.70. The van der Waals surface area contributed by atoms with E-state index >= 15 is 0 Å². The molecule has 2 aliphatic rings. The maximum absolute atomic E-state index is 13.3. The highest BCUT2D eigenvalue weighted by Gasteiger charge is 2.51. The molecule has 14 heteroatoms. The Hall–Kier alpha value is -2.83. The van der Waals surface area contributed by atoms with E-state index in [1.165, 1.54) is 154 Å². The summed E-state index contributed by atoms with van der Waals surface area (Å²) < 4.78 is 22.8. The summed E-state index contributed by atoms with van der Waals surface area (Å²) in [6, 6.07) is -0.923. The molecule has 85 heavy (non-hydrogen) atoms. The number of allylic oxidation sites excluding steroid dienone is 13. The Kier molecular flexibility index (Phi) is 50.9. The van der Waals surface area contributed by atoms with Crippen LogP contribution >= 0.6 is 0 Å². The van der Waals surface area contributed by atoms with Crippen molar-refractivity contribution in [1.82, 2.24) is 5.32 Å². The van der Waals surface area contributed by atoms with Gasteiger partial charge in [-0.25, -0.2) is 0 Å². The Bertz CT molecular complexity index is 1750. The van der Waals surface area contributed by atoms with Crippen molar-refractivity contribution in [1.29, 1.82) is 0 Å². The summed E-state index contributed by atoms with van der Waals surface area (Å²) in [7, 11) is 0. The van der Waals surface area contributed by atoms with Crippen LogP contribution in [0.1, 0.15) is 264 Å². The van der Waals surface area contributed by atoms with Gasteiger partial charge in [-0.05, 0) is 70.6 Å². The van der Waals surface area contributed by atoms with Gasteiger partial charge in [0.1, 0.15) is 48.8 Å². The van der Waals surface area contributed by atoms with Gasteiger partial charge in [-0.3, -0.25) is 4.79 Å². The zero-order valence-electron chi connectivity index (χ0n) is 53.3. The van der Waals surface area contributed by atoms with Crippen LogP contribution < -0.4 is 5.32 Å². The monoisotopic (exact) mass is 1200 g/mol. The normalized spacial score (nSPS) is 24.1. The molecule has 2 aliphatic heterocycles. The molecule has 12 unspecified atom stereocenters. The molecular weight excluding hydrogens is 1070 g/mol. The van der Waals surface area contributed by atoms with Crippen LogP contribution in [0.2, 0.25) is 0 Å². The topological polar surface area (TPSA) is 228 Å². The third-order valence-electron chi connectivity index (χ3n) is 16.3. The fourth-order valence-electron chi connectivity index (χ4n) is 10.9. The van der Waals surface area contributed by atoms with Gasteiger partial charge in [-0.15, -0.1) is 0 Å². The molecule has 0 aliphatic carbocycles. The maximum Gasteiger partial charge on any atom is 0.220 e. The first kappa shape index (κ1) is 78.3. The average molecular weight is 1200 g/mol. The predicted octanol–water partition coefficient (Wildman–Crippen LogP) is 13.6. The Morgan fingerprint density at radius 3 is 1.25 bits per heavy atom. The standard InChI is InChI=1S/C71H125NO13/c1-3-5-7-9-11-13-15-17-19-21-23-25-27-28-29-30-31-32-33-35-37-39-41-43-45-47-49-51-53-55-63(76)72-59(58-82-70-68(81)66(79)69(62(57-74)84-70)85-71-67(80)65(78)64(77)61(56-73)83-71)60(75)54-52-50-48-46-44-42-40-38-36-34-26-24-22-20-18-16-14-12-10-8-6-4-2/h5,7,11,13,17,19,23,25,28-29,31-32,52,54,59-62,64-71,73-75,77-81H,3-4,6,8-10,12,14-16,18,20-22,24,26-27,30,33-51,53,55-58H2,1-2H3,(H,72,76)/b7-5-,13-11-,19-17-,25-23-,29-28-,32-31-,54-52+. The Morgan fingerprint density at radius 2 is 0.812 bits per heavy atom. The number of unbranched alkanes of at least 4 members (excludes halogenated alkanes) is 30. The van der Waals surface area contributed by atoms with Crippen molar-refractivity contribution in [2.45, 2.75) is 338 Å². The summed E-state index contributed by atoms with van der Waals surface area (Å²) in [6.07, 6.45) is 59.0. The molecule has 492 valence electrons. The van der Waals surface area contributed by atoms with Gasteiger partial charge in [-0.1, -0.05) is 272 Å². The van der Waals surface area contributed by atoms with Crippen LogP contribution in [0.4, 0.5) is 0 Å². The molecule has 0 spiro atoms. The number of aliphatic hydroxyl groups excluding tert-OH is 8. The van der Waals surface area contributed by atoms with Crippen molar-refractivity contribution in [3.8, 4) is 0 Å². The van der Waals surface area contributed by atoms with Crippen molar-refractivity contribution in [2.24, 2.45) is 0 Å². The molecule has 14 nitrogen and oxygen atoms in total. The van der Waals surface area contributed by atoms with Gasteiger partial charge in [0.15, 0.2) is 12.6 Å². The lowest BCUT2D eigenvalue weighted by molar-refractivity contribution is -0.359. The van der Waals surface area contributed by atoms with E-state index in [2.05, 4.69) is 92.1 Å². The number of hydrogen-bond acceptors (Lipinski definition) is 13. The largest absolute Gasteiger partial charge is 0.394 e. The van der Waals surface area contributed by atoms with Gasteiger partial charge >= 0.3 is 0 Å². The zero-order chi connectivity index (χ0) is 61.6. The van der Waals surface area contributed by atoms with E-state index in [-0.39, 0.29) is 18.9 Å². The Labute approximate surface area is 516 Å². The molecular formula is C71H125NO13. The summed E-state index contributed by atoms with van der Waals surface area (Å²) in [5.41, 5.74) is 0. The number of amides is 1. The van der Waals surface area contributed by atoms with Crippen LogP contribution in [0.3, 0.4) is 0 Å². The number of rotatable bonds is 55. The van der Waals surface area contributed by atoms with E-state index in [4.69, 9.17) is 18.9 Å². The quantitative estimate of drug-likeness (QED) is 0.0204. The van der Waals surface area contributed by atoms with E-state index < -0.39 is 86.8 Å². The first-order valence-corrected chi connectivity index (χ1v) is 34.3. The molecule has 0 radical (unpaired) electrons. The number of hydrogen-bond donors (Lipinski definition) is 9. The van der Waals surface area contributed by atoms with E-state index in [0.29, 0.717) is 6.42 Å². The zero-order valence-corrected chi connectivity index (χ0v) is 53.3. The van der Waals surface area contributed by atoms with E-state index in [0.717, 1.165) is 83.5 Å². The van der Waals surface area contributed by atoms with Gasteiger partial charge in [0.25, 0.3) is 0 Å². The van der Waals surface area contributed by atoms with Crippen LogP contribution in [0, 0.1) is 0 Å². The first-order valence-electron chi connectivity index (χ1n) is 34.3. The van der Waals surface area contributed by atoms with Crippen LogP contribution in [0.25, 0.3) is 0 Å². The second-order valence-corrected chi connectivity index (χ2v) is 23.9. The van der Waals surface area contributed by atoms with Crippen molar-refractivity contribution in [2.75, 3.05) is 19.8 Å². The van der Waals surface area contributed by atoms with Crippen molar-refractivity contribution < 1.29 is 64.6 Å². The molecule has 0 saturated carbocycles. The third-order valence-corrected chi connectivity index (χ3v) is 16.3. The number of ether oxygens (including phenoxy) is 4. The summed E-state index contributed by atoms with van der Waals surface area (Å²) in [5.74, 6) is -0.245. The van der Waals surface area contributed by atoms with Gasteiger partial charge in [0, 0.05) is 6.42 Å². The molecule has 9 N–H and O–H groups in total. The Balaban J connectivity index is 1.70. The summed E-state index contributed by atoms with van der Waals surface area (Å²) in [4.78, 5) is 13.3. The maximum atomic E-state index is 13.3. The third kappa shape index (κ3) is 39.7. The minimum atomic E-state index is -1.79. The molecule has 2 saturated heterocycles. The van der Waals surface area contributed by atoms with E-state index in [9.17, 15) is 45.6 Å². The number of carbonyl (C=O) groups excluding carboxylic acids is 1. The fraction of sp³-hybridized carbons (Fsp3) is 0.789. The SMILES string of the molecule is CC/C=C\C/C=C\C/C=C\C/C=C\C/C=C\C/C=C\CCCCCCCCCCCCC(=O)NC(COC1OC(CO)C(OC2OC(CO)C(O)C(O)C2O)C(O)C1O)C(O)/C=C/CCCCCCCCCCCCCCCCCCCCCC. The molecule has 2 rings (SSSR count). The van der Waals surface area contributed by atoms with E-state index in [1.54, 1.807) is 6.08 Å². The molecule has 12 atom stereocenters. The lowest BCUT2D eigenvalue weighted by Crippen LogP contribution is -2.65. The first-order chi connectivity index (χ1) is 41.6. The van der Waals surface area contributed by atoms with Crippen LogP contribution in [0.15, 0.2) is 85.1 Å². The minimum absolute atomic E-state index is 0.245. The van der Waals surface area contributed by atoms with Crippen molar-refractivity contribution in [3.63, 3.8) is 0 Å². The molecule has 0 bridgehead atoms. The molecule has 1 amide bonds. The summed E-state index contributed by atoms with van der Waals surface area (Å²) >= 11 is 0. The molecule has 0 aromatic carbocycles. The van der Waals surface area contributed by atoms with Gasteiger partial charge in [-0.2, -0.15) is 0 Å². The van der Waals surface area contributed by atoms with Crippen LogP contribution in [-0.4, -0.2) is 140 Å².